The van der Waals surface area contributed by atoms with Crippen LogP contribution >= 0.6 is 0 Å². The van der Waals surface area contributed by atoms with Gasteiger partial charge in [0.1, 0.15) is 12.4 Å². The first-order valence-corrected chi connectivity index (χ1v) is 7.82. The Hall–Kier alpha value is -3.35. The molecule has 126 valence electrons. The van der Waals surface area contributed by atoms with Gasteiger partial charge < -0.3 is 5.32 Å². The van der Waals surface area contributed by atoms with Crippen LogP contribution in [0.3, 0.4) is 0 Å². The number of carbonyl (C=O) groups excluding carboxylic acids is 2. The summed E-state index contributed by atoms with van der Waals surface area (Å²) < 4.78 is 1.44. The molecular formula is C18H17N5O2. The predicted molar refractivity (Wildman–Crippen MR) is 92.1 cm³/mol. The number of Topliss-reactive ketones (excluding diaryl/α,β-unsaturated/α-hetero) is 1. The first-order valence-electron chi connectivity index (χ1n) is 7.82. The number of hydrogen-bond acceptors (Lipinski definition) is 5. The van der Waals surface area contributed by atoms with Gasteiger partial charge in [-0.25, -0.2) is 4.68 Å². The van der Waals surface area contributed by atoms with Crippen LogP contribution in [0, 0.1) is 0 Å². The quantitative estimate of drug-likeness (QED) is 0.698. The van der Waals surface area contributed by atoms with Crippen LogP contribution in [-0.2, 0) is 11.2 Å². The Morgan fingerprint density at radius 3 is 2.40 bits per heavy atom. The number of aromatic nitrogens is 4. The van der Waals surface area contributed by atoms with Gasteiger partial charge in [0.15, 0.2) is 5.78 Å². The fourth-order valence-electron chi connectivity index (χ4n) is 2.47. The molecule has 0 bridgehead atoms. The second-order valence-corrected chi connectivity index (χ2v) is 5.62. The van der Waals surface area contributed by atoms with Gasteiger partial charge in [0, 0.05) is 17.7 Å². The summed E-state index contributed by atoms with van der Waals surface area (Å²) in [6.07, 6.45) is 1.88. The molecule has 7 nitrogen and oxygen atoms in total. The van der Waals surface area contributed by atoms with E-state index in [9.17, 15) is 9.59 Å². The lowest BCUT2D eigenvalue weighted by molar-refractivity contribution is -0.119. The van der Waals surface area contributed by atoms with Crippen molar-refractivity contribution in [1.82, 2.24) is 20.2 Å². The van der Waals surface area contributed by atoms with Gasteiger partial charge in [-0.3, -0.25) is 9.59 Å². The molecule has 1 heterocycles. The third kappa shape index (κ3) is 4.14. The number of nitrogens with zero attached hydrogens (tertiary/aromatic N) is 4. The van der Waals surface area contributed by atoms with E-state index in [0.29, 0.717) is 17.7 Å². The van der Waals surface area contributed by atoms with Crippen molar-refractivity contribution >= 4 is 17.4 Å². The molecule has 1 N–H and O–H groups in total. The molecular weight excluding hydrogens is 318 g/mol. The second kappa shape index (κ2) is 7.48. The summed E-state index contributed by atoms with van der Waals surface area (Å²) >= 11 is 0. The summed E-state index contributed by atoms with van der Waals surface area (Å²) in [7, 11) is 0. The van der Waals surface area contributed by atoms with Crippen molar-refractivity contribution in [3.05, 3.63) is 72.1 Å². The number of anilines is 1. The van der Waals surface area contributed by atoms with Crippen molar-refractivity contribution in [3.63, 3.8) is 0 Å². The van der Waals surface area contributed by atoms with Crippen LogP contribution in [0.25, 0.3) is 0 Å². The van der Waals surface area contributed by atoms with Crippen molar-refractivity contribution in [2.45, 2.75) is 19.4 Å². The number of carbonyl (C=O) groups is 2. The number of amides is 1. The molecule has 2 aromatic carbocycles. The molecule has 0 spiro atoms. The first kappa shape index (κ1) is 16.5. The summed E-state index contributed by atoms with van der Waals surface area (Å²) in [5.74, 6) is -0.250. The highest BCUT2D eigenvalue weighted by molar-refractivity contribution is 5.96. The lowest BCUT2D eigenvalue weighted by Gasteiger charge is -2.16. The van der Waals surface area contributed by atoms with Crippen molar-refractivity contribution in [2.75, 3.05) is 5.32 Å². The molecule has 0 radical (unpaired) electrons. The van der Waals surface area contributed by atoms with E-state index in [0.717, 1.165) is 5.56 Å². The van der Waals surface area contributed by atoms with Crippen LogP contribution in [0.2, 0.25) is 0 Å². The standard InChI is InChI=1S/C18H17N5O2/c1-13(24)15-7-9-16(10-8-15)20-18(25)17(23-12-19-21-22-23)11-14-5-3-2-4-6-14/h2-10,12,17H,11H2,1H3,(H,20,25)/t17-/m1/s1. The molecule has 0 aliphatic rings. The lowest BCUT2D eigenvalue weighted by Crippen LogP contribution is -2.28. The Morgan fingerprint density at radius 2 is 1.80 bits per heavy atom. The number of nitrogens with one attached hydrogen (secondary N) is 1. The van der Waals surface area contributed by atoms with Crippen molar-refractivity contribution in [2.24, 2.45) is 0 Å². The van der Waals surface area contributed by atoms with Crippen LogP contribution in [0.1, 0.15) is 28.9 Å². The van der Waals surface area contributed by atoms with E-state index >= 15 is 0 Å². The number of hydrogen-bond donors (Lipinski definition) is 1. The van der Waals surface area contributed by atoms with E-state index in [-0.39, 0.29) is 11.7 Å². The van der Waals surface area contributed by atoms with Gasteiger partial charge in [0.05, 0.1) is 0 Å². The number of rotatable bonds is 6. The first-order chi connectivity index (χ1) is 12.1. The van der Waals surface area contributed by atoms with Gasteiger partial charge in [-0.15, -0.1) is 5.10 Å². The lowest BCUT2D eigenvalue weighted by atomic mass is 10.1. The van der Waals surface area contributed by atoms with E-state index in [4.69, 9.17) is 0 Å². The van der Waals surface area contributed by atoms with E-state index in [1.54, 1.807) is 24.3 Å². The van der Waals surface area contributed by atoms with Gasteiger partial charge in [-0.2, -0.15) is 0 Å². The summed E-state index contributed by atoms with van der Waals surface area (Å²) in [6, 6.07) is 15.9. The molecule has 1 atom stereocenters. The molecule has 0 saturated heterocycles. The average Bonchev–Trinajstić information content (AvgIpc) is 3.15. The summed E-state index contributed by atoms with van der Waals surface area (Å²) in [6.45, 7) is 1.50. The zero-order chi connectivity index (χ0) is 17.6. The maximum atomic E-state index is 12.7. The topological polar surface area (TPSA) is 89.8 Å². The van der Waals surface area contributed by atoms with Crippen LogP contribution < -0.4 is 5.32 Å². The molecule has 0 unspecified atom stereocenters. The highest BCUT2D eigenvalue weighted by Gasteiger charge is 2.22. The maximum absolute atomic E-state index is 12.7. The third-order valence-corrected chi connectivity index (χ3v) is 3.82. The Morgan fingerprint density at radius 1 is 1.08 bits per heavy atom. The van der Waals surface area contributed by atoms with E-state index in [1.165, 1.54) is 17.9 Å². The average molecular weight is 335 g/mol. The summed E-state index contributed by atoms with van der Waals surface area (Å²) in [5.41, 5.74) is 2.21. The zero-order valence-electron chi connectivity index (χ0n) is 13.7. The third-order valence-electron chi connectivity index (χ3n) is 3.82. The summed E-state index contributed by atoms with van der Waals surface area (Å²) in [5, 5.41) is 14.0. The minimum absolute atomic E-state index is 0.0199. The fraction of sp³-hybridized carbons (Fsp3) is 0.167. The van der Waals surface area contributed by atoms with Crippen molar-refractivity contribution in [3.8, 4) is 0 Å². The predicted octanol–water partition coefficient (Wildman–Crippen LogP) is 2.30. The highest BCUT2D eigenvalue weighted by atomic mass is 16.2. The highest BCUT2D eigenvalue weighted by Crippen LogP contribution is 2.17. The molecule has 1 aromatic heterocycles. The van der Waals surface area contributed by atoms with E-state index in [2.05, 4.69) is 20.8 Å². The van der Waals surface area contributed by atoms with E-state index < -0.39 is 6.04 Å². The van der Waals surface area contributed by atoms with Crippen molar-refractivity contribution in [1.29, 1.82) is 0 Å². The number of benzene rings is 2. The smallest absolute Gasteiger partial charge is 0.249 e. The maximum Gasteiger partial charge on any atom is 0.249 e. The molecule has 0 aliphatic carbocycles. The molecule has 1 amide bonds. The van der Waals surface area contributed by atoms with Crippen molar-refractivity contribution < 1.29 is 9.59 Å². The van der Waals surface area contributed by atoms with Crippen LogP contribution in [0.5, 0.6) is 0 Å². The molecule has 3 rings (SSSR count). The fourth-order valence-corrected chi connectivity index (χ4v) is 2.47. The minimum atomic E-state index is -0.579. The Bertz CT molecular complexity index is 845. The normalized spacial score (nSPS) is 11.7. The molecule has 3 aromatic rings. The summed E-state index contributed by atoms with van der Waals surface area (Å²) in [4.78, 5) is 24.1. The number of tetrazole rings is 1. The van der Waals surface area contributed by atoms with Gasteiger partial charge in [0.25, 0.3) is 0 Å². The molecule has 25 heavy (non-hydrogen) atoms. The SMILES string of the molecule is CC(=O)c1ccc(NC(=O)[C@@H](Cc2ccccc2)n2cnnn2)cc1. The van der Waals surface area contributed by atoms with Gasteiger partial charge in [-0.05, 0) is 47.2 Å². The van der Waals surface area contributed by atoms with E-state index in [1.807, 2.05) is 30.3 Å². The Balaban J connectivity index is 1.78. The number of ketones is 1. The molecule has 0 saturated carbocycles. The van der Waals surface area contributed by atoms with Gasteiger partial charge in [-0.1, -0.05) is 30.3 Å². The van der Waals surface area contributed by atoms with Crippen LogP contribution in [-0.4, -0.2) is 31.9 Å². The largest absolute Gasteiger partial charge is 0.324 e. The Labute approximate surface area is 144 Å². The molecule has 0 fully saturated rings. The van der Waals surface area contributed by atoms with Crippen LogP contribution in [0.15, 0.2) is 60.9 Å². The Kier molecular flexibility index (Phi) is 4.94. The van der Waals surface area contributed by atoms with Gasteiger partial charge >= 0.3 is 0 Å². The molecule has 0 aliphatic heterocycles. The second-order valence-electron chi connectivity index (χ2n) is 5.62. The molecule has 7 heteroatoms. The monoisotopic (exact) mass is 335 g/mol. The zero-order valence-corrected chi connectivity index (χ0v) is 13.7. The van der Waals surface area contributed by atoms with Gasteiger partial charge in [0.2, 0.25) is 5.91 Å². The minimum Gasteiger partial charge on any atom is -0.324 e. The van der Waals surface area contributed by atoms with Crippen LogP contribution in [0.4, 0.5) is 5.69 Å².